The summed E-state index contributed by atoms with van der Waals surface area (Å²) in [5.74, 6) is 0.150. The standard InChI is InChI=1S/C16H19FN2/c1-11-2-3-13-10-14(4-5-15(13)19-11)16(17)12-6-8-18-9-7-12/h2-5,10,12,16,18H,6-9H2,1H3. The molecule has 1 atom stereocenters. The summed E-state index contributed by atoms with van der Waals surface area (Å²) in [4.78, 5) is 4.46. The third kappa shape index (κ3) is 2.61. The molecule has 1 aliphatic heterocycles. The number of fused-ring (bicyclic) bond motifs is 1. The van der Waals surface area contributed by atoms with E-state index in [0.717, 1.165) is 48.1 Å². The topological polar surface area (TPSA) is 24.9 Å². The third-order valence-electron chi connectivity index (χ3n) is 3.97. The largest absolute Gasteiger partial charge is 0.317 e. The minimum absolute atomic E-state index is 0.150. The minimum atomic E-state index is -0.854. The number of pyridine rings is 1. The van der Waals surface area contributed by atoms with Crippen LogP contribution < -0.4 is 5.32 Å². The number of nitrogens with one attached hydrogen (secondary N) is 1. The van der Waals surface area contributed by atoms with Gasteiger partial charge in [-0.2, -0.15) is 0 Å². The van der Waals surface area contributed by atoms with Gasteiger partial charge in [0.25, 0.3) is 0 Å². The lowest BCUT2D eigenvalue weighted by Crippen LogP contribution is -2.29. The van der Waals surface area contributed by atoms with Crippen LogP contribution in [0.1, 0.15) is 30.3 Å². The second-order valence-corrected chi connectivity index (χ2v) is 5.39. The molecule has 0 saturated carbocycles. The van der Waals surface area contributed by atoms with E-state index < -0.39 is 6.17 Å². The van der Waals surface area contributed by atoms with Crippen molar-refractivity contribution in [3.63, 3.8) is 0 Å². The van der Waals surface area contributed by atoms with E-state index in [4.69, 9.17) is 0 Å². The number of nitrogens with zero attached hydrogens (tertiary/aromatic N) is 1. The van der Waals surface area contributed by atoms with Gasteiger partial charge in [0.05, 0.1) is 5.52 Å². The van der Waals surface area contributed by atoms with Crippen LogP contribution in [-0.4, -0.2) is 18.1 Å². The first kappa shape index (κ1) is 12.5. The highest BCUT2D eigenvalue weighted by Crippen LogP contribution is 2.33. The zero-order valence-corrected chi connectivity index (χ0v) is 11.2. The Balaban J connectivity index is 1.89. The van der Waals surface area contributed by atoms with Gasteiger partial charge in [-0.05, 0) is 62.5 Å². The van der Waals surface area contributed by atoms with Crippen molar-refractivity contribution in [3.05, 3.63) is 41.6 Å². The molecule has 1 aliphatic rings. The molecule has 0 spiro atoms. The van der Waals surface area contributed by atoms with Crippen LogP contribution in [0, 0.1) is 12.8 Å². The molecule has 1 aromatic heterocycles. The van der Waals surface area contributed by atoms with Crippen molar-refractivity contribution in [1.82, 2.24) is 10.3 Å². The molecule has 0 aliphatic carbocycles. The van der Waals surface area contributed by atoms with Crippen LogP contribution in [0.3, 0.4) is 0 Å². The summed E-state index contributed by atoms with van der Waals surface area (Å²) < 4.78 is 14.6. The number of halogens is 1. The van der Waals surface area contributed by atoms with E-state index in [1.54, 1.807) is 0 Å². The molecule has 3 heteroatoms. The fraction of sp³-hybridized carbons (Fsp3) is 0.438. The molecular weight excluding hydrogens is 239 g/mol. The van der Waals surface area contributed by atoms with E-state index in [2.05, 4.69) is 10.3 Å². The highest BCUT2D eigenvalue weighted by atomic mass is 19.1. The normalized spacial score (nSPS) is 18.6. The van der Waals surface area contributed by atoms with E-state index in [0.29, 0.717) is 0 Å². The highest BCUT2D eigenvalue weighted by Gasteiger charge is 2.24. The smallest absolute Gasteiger partial charge is 0.128 e. The second kappa shape index (κ2) is 5.25. The Hall–Kier alpha value is -1.48. The van der Waals surface area contributed by atoms with Gasteiger partial charge < -0.3 is 5.32 Å². The van der Waals surface area contributed by atoms with Gasteiger partial charge in [0.1, 0.15) is 6.17 Å². The maximum atomic E-state index is 14.6. The molecule has 1 unspecified atom stereocenters. The van der Waals surface area contributed by atoms with Crippen LogP contribution in [-0.2, 0) is 0 Å². The summed E-state index contributed by atoms with van der Waals surface area (Å²) in [7, 11) is 0. The summed E-state index contributed by atoms with van der Waals surface area (Å²) in [6, 6.07) is 9.78. The van der Waals surface area contributed by atoms with Gasteiger partial charge >= 0.3 is 0 Å². The molecule has 0 radical (unpaired) electrons. The molecule has 1 N–H and O–H groups in total. The number of aromatic nitrogens is 1. The first-order valence-electron chi connectivity index (χ1n) is 6.96. The first-order chi connectivity index (χ1) is 9.24. The molecule has 1 saturated heterocycles. The second-order valence-electron chi connectivity index (χ2n) is 5.39. The zero-order valence-electron chi connectivity index (χ0n) is 11.2. The quantitative estimate of drug-likeness (QED) is 0.891. The number of rotatable bonds is 2. The average Bonchev–Trinajstić information content (AvgIpc) is 2.47. The highest BCUT2D eigenvalue weighted by molar-refractivity contribution is 5.79. The lowest BCUT2D eigenvalue weighted by Gasteiger charge is -2.26. The molecule has 2 aromatic rings. The molecular formula is C16H19FN2. The summed E-state index contributed by atoms with van der Waals surface area (Å²) in [5, 5.41) is 4.31. The van der Waals surface area contributed by atoms with Gasteiger partial charge in [-0.3, -0.25) is 4.98 Å². The van der Waals surface area contributed by atoms with E-state index in [1.165, 1.54) is 0 Å². The van der Waals surface area contributed by atoms with Crippen molar-refractivity contribution in [3.8, 4) is 0 Å². The molecule has 100 valence electrons. The van der Waals surface area contributed by atoms with Gasteiger partial charge in [-0.15, -0.1) is 0 Å². The number of hydrogen-bond donors (Lipinski definition) is 1. The predicted molar refractivity (Wildman–Crippen MR) is 75.9 cm³/mol. The van der Waals surface area contributed by atoms with E-state index in [1.807, 2.05) is 37.3 Å². The van der Waals surface area contributed by atoms with E-state index in [9.17, 15) is 4.39 Å². The van der Waals surface area contributed by atoms with Crippen molar-refractivity contribution in [1.29, 1.82) is 0 Å². The van der Waals surface area contributed by atoms with E-state index >= 15 is 0 Å². The summed E-state index contributed by atoms with van der Waals surface area (Å²) >= 11 is 0. The van der Waals surface area contributed by atoms with Crippen LogP contribution in [0.15, 0.2) is 30.3 Å². The van der Waals surface area contributed by atoms with Crippen LogP contribution in [0.4, 0.5) is 4.39 Å². The maximum absolute atomic E-state index is 14.6. The molecule has 19 heavy (non-hydrogen) atoms. The van der Waals surface area contributed by atoms with Crippen LogP contribution in [0.25, 0.3) is 10.9 Å². The molecule has 0 bridgehead atoms. The van der Waals surface area contributed by atoms with Gasteiger partial charge in [0, 0.05) is 11.1 Å². The Morgan fingerprint density at radius 3 is 2.79 bits per heavy atom. The molecule has 1 aromatic carbocycles. The Morgan fingerprint density at radius 2 is 2.00 bits per heavy atom. The molecule has 3 rings (SSSR count). The summed E-state index contributed by atoms with van der Waals surface area (Å²) in [6.45, 7) is 3.83. The molecule has 1 fully saturated rings. The number of alkyl halides is 1. The SMILES string of the molecule is Cc1ccc2cc(C(F)C3CCNCC3)ccc2n1. The van der Waals surface area contributed by atoms with Crippen molar-refractivity contribution in [2.45, 2.75) is 25.9 Å². The average molecular weight is 258 g/mol. The fourth-order valence-electron chi connectivity index (χ4n) is 2.83. The lowest BCUT2D eigenvalue weighted by molar-refractivity contribution is 0.190. The van der Waals surface area contributed by atoms with Crippen molar-refractivity contribution in [2.75, 3.05) is 13.1 Å². The molecule has 0 amide bonds. The van der Waals surface area contributed by atoms with Gasteiger partial charge in [-0.25, -0.2) is 4.39 Å². The fourth-order valence-corrected chi connectivity index (χ4v) is 2.83. The van der Waals surface area contributed by atoms with Crippen molar-refractivity contribution >= 4 is 10.9 Å². The Kier molecular flexibility index (Phi) is 3.47. The van der Waals surface area contributed by atoms with Gasteiger partial charge in [0.2, 0.25) is 0 Å². The predicted octanol–water partition coefficient (Wildman–Crippen LogP) is 3.55. The van der Waals surface area contributed by atoms with Crippen LogP contribution >= 0.6 is 0 Å². The zero-order chi connectivity index (χ0) is 13.2. The Bertz CT molecular complexity index is 576. The van der Waals surface area contributed by atoms with E-state index in [-0.39, 0.29) is 5.92 Å². The summed E-state index contributed by atoms with van der Waals surface area (Å²) in [6.07, 6.45) is 0.990. The number of hydrogen-bond acceptors (Lipinski definition) is 2. The lowest BCUT2D eigenvalue weighted by atomic mass is 9.89. The Morgan fingerprint density at radius 1 is 1.21 bits per heavy atom. The number of aryl methyl sites for hydroxylation is 1. The molecule has 2 heterocycles. The third-order valence-corrected chi connectivity index (χ3v) is 3.97. The molecule has 2 nitrogen and oxygen atoms in total. The van der Waals surface area contributed by atoms with Crippen molar-refractivity contribution < 1.29 is 4.39 Å². The number of piperidine rings is 1. The van der Waals surface area contributed by atoms with Gasteiger partial charge in [-0.1, -0.05) is 12.1 Å². The first-order valence-corrected chi connectivity index (χ1v) is 6.96. The number of benzene rings is 1. The monoisotopic (exact) mass is 258 g/mol. The van der Waals surface area contributed by atoms with Crippen LogP contribution in [0.5, 0.6) is 0 Å². The summed E-state index contributed by atoms with van der Waals surface area (Å²) in [5.41, 5.74) is 2.74. The minimum Gasteiger partial charge on any atom is -0.317 e. The Labute approximate surface area is 113 Å². The van der Waals surface area contributed by atoms with Gasteiger partial charge in [0.15, 0.2) is 0 Å². The van der Waals surface area contributed by atoms with Crippen molar-refractivity contribution in [2.24, 2.45) is 5.92 Å². The van der Waals surface area contributed by atoms with Crippen LogP contribution in [0.2, 0.25) is 0 Å². The maximum Gasteiger partial charge on any atom is 0.128 e.